The zero-order valence-corrected chi connectivity index (χ0v) is 38.7. The van der Waals surface area contributed by atoms with Crippen molar-refractivity contribution in [3.05, 3.63) is 247 Å². The van der Waals surface area contributed by atoms with Crippen molar-refractivity contribution in [1.29, 1.82) is 0 Å². The van der Waals surface area contributed by atoms with Crippen LogP contribution < -0.4 is 4.90 Å². The third kappa shape index (κ3) is 6.10. The summed E-state index contributed by atoms with van der Waals surface area (Å²) in [5.74, 6) is 0. The molecule has 0 bridgehead atoms. The van der Waals surface area contributed by atoms with Crippen LogP contribution in [0.2, 0.25) is 0 Å². The van der Waals surface area contributed by atoms with E-state index in [0.717, 1.165) is 72.4 Å². The van der Waals surface area contributed by atoms with Gasteiger partial charge in [0, 0.05) is 44.1 Å². The van der Waals surface area contributed by atoms with Gasteiger partial charge in [-0.15, -0.1) is 0 Å². The monoisotopic (exact) mass is 871 g/mol. The van der Waals surface area contributed by atoms with E-state index in [-0.39, 0.29) is 10.8 Å². The number of furan rings is 1. The van der Waals surface area contributed by atoms with Crippen molar-refractivity contribution < 1.29 is 4.42 Å². The molecule has 0 aliphatic heterocycles. The molecule has 0 saturated heterocycles. The molecule has 0 amide bonds. The Labute approximate surface area is 398 Å². The van der Waals surface area contributed by atoms with Gasteiger partial charge < -0.3 is 9.32 Å². The van der Waals surface area contributed by atoms with Crippen LogP contribution in [0.15, 0.2) is 229 Å². The maximum Gasteiger partial charge on any atom is 0.143 e. The minimum atomic E-state index is -0.163. The first kappa shape index (κ1) is 40.1. The lowest BCUT2D eigenvalue weighted by atomic mass is 9.82. The Balaban J connectivity index is 1.03. The van der Waals surface area contributed by atoms with Crippen LogP contribution in [0.5, 0.6) is 0 Å². The molecule has 324 valence electrons. The van der Waals surface area contributed by atoms with Crippen LogP contribution >= 0.6 is 0 Å². The Morgan fingerprint density at radius 3 is 1.50 bits per heavy atom. The zero-order valence-electron chi connectivity index (χ0n) is 38.7. The highest BCUT2D eigenvalue weighted by atomic mass is 16.3. The van der Waals surface area contributed by atoms with Gasteiger partial charge in [0.25, 0.3) is 0 Å². The van der Waals surface area contributed by atoms with E-state index < -0.39 is 0 Å². The van der Waals surface area contributed by atoms with Gasteiger partial charge in [0.1, 0.15) is 11.2 Å². The summed E-state index contributed by atoms with van der Waals surface area (Å²) in [4.78, 5) is 2.52. The summed E-state index contributed by atoms with van der Waals surface area (Å²) >= 11 is 0. The lowest BCUT2D eigenvalue weighted by molar-refractivity contribution is 0.660. The van der Waals surface area contributed by atoms with E-state index in [0.29, 0.717) is 0 Å². The largest absolute Gasteiger partial charge is 0.455 e. The highest BCUT2D eigenvalue weighted by Crippen LogP contribution is 2.54. The number of rotatable bonds is 7. The van der Waals surface area contributed by atoms with Gasteiger partial charge in [-0.1, -0.05) is 204 Å². The molecular weight excluding hydrogens is 823 g/mol. The summed E-state index contributed by atoms with van der Waals surface area (Å²) in [5.41, 5.74) is 24.7. The molecular formula is C66H49NO. The number of para-hydroxylation sites is 3. The second-order valence-corrected chi connectivity index (χ2v) is 19.6. The third-order valence-electron chi connectivity index (χ3n) is 15.1. The Bertz CT molecular complexity index is 3700. The van der Waals surface area contributed by atoms with Crippen LogP contribution in [0.3, 0.4) is 0 Å². The van der Waals surface area contributed by atoms with Gasteiger partial charge in [-0.25, -0.2) is 0 Å². The maximum absolute atomic E-state index is 6.58. The first-order chi connectivity index (χ1) is 33.2. The molecule has 2 nitrogen and oxygen atoms in total. The average molecular weight is 872 g/mol. The Hall–Kier alpha value is -8.20. The van der Waals surface area contributed by atoms with Crippen LogP contribution in [0.25, 0.3) is 88.7 Å². The molecule has 1 heterocycles. The zero-order chi connectivity index (χ0) is 45.7. The Kier molecular flexibility index (Phi) is 8.95. The van der Waals surface area contributed by atoms with Gasteiger partial charge in [0.05, 0.1) is 5.69 Å². The van der Waals surface area contributed by atoms with Crippen LogP contribution in [0.4, 0.5) is 17.1 Å². The average Bonchev–Trinajstić information content (AvgIpc) is 3.96. The van der Waals surface area contributed by atoms with E-state index >= 15 is 0 Å². The first-order valence-corrected chi connectivity index (χ1v) is 23.8. The highest BCUT2D eigenvalue weighted by Gasteiger charge is 2.38. The molecule has 0 fully saturated rings. The van der Waals surface area contributed by atoms with Crippen LogP contribution in [-0.2, 0) is 10.8 Å². The lowest BCUT2D eigenvalue weighted by Crippen LogP contribution is -2.18. The van der Waals surface area contributed by atoms with E-state index in [1.807, 2.05) is 6.07 Å². The van der Waals surface area contributed by atoms with Crippen molar-refractivity contribution in [2.24, 2.45) is 0 Å². The van der Waals surface area contributed by atoms with Crippen molar-refractivity contribution in [3.8, 4) is 66.8 Å². The molecule has 68 heavy (non-hydrogen) atoms. The van der Waals surface area contributed by atoms with Crippen molar-refractivity contribution >= 4 is 39.0 Å². The van der Waals surface area contributed by atoms with Crippen LogP contribution in [0, 0.1) is 0 Å². The molecule has 0 N–H and O–H groups in total. The predicted molar refractivity (Wildman–Crippen MR) is 285 cm³/mol. The molecule has 2 aliphatic carbocycles. The second-order valence-electron chi connectivity index (χ2n) is 19.6. The van der Waals surface area contributed by atoms with Crippen molar-refractivity contribution in [1.82, 2.24) is 0 Å². The summed E-state index contributed by atoms with van der Waals surface area (Å²) < 4.78 is 6.58. The number of benzene rings is 10. The Morgan fingerprint density at radius 2 is 0.809 bits per heavy atom. The minimum absolute atomic E-state index is 0.163. The summed E-state index contributed by atoms with van der Waals surface area (Å²) in [6.45, 7) is 9.50. The number of hydrogen-bond donors (Lipinski definition) is 0. The van der Waals surface area contributed by atoms with Gasteiger partial charge in [0.2, 0.25) is 0 Å². The fourth-order valence-corrected chi connectivity index (χ4v) is 11.6. The molecule has 0 radical (unpaired) electrons. The SMILES string of the molecule is CC1(C)c2ccccc2-c2ccc(N(c3ccc4c(c3)C(C)(C)c3ccccc3-4)c3ccccc3-c3cc(-c4ccccc4)ccc3-c3cccc(-c4cccc5c4oc4ccccc45)c3)cc21. The third-order valence-corrected chi connectivity index (χ3v) is 15.1. The second kappa shape index (κ2) is 15.2. The quantitative estimate of drug-likeness (QED) is 0.159. The van der Waals surface area contributed by atoms with Crippen molar-refractivity contribution in [2.75, 3.05) is 4.90 Å². The van der Waals surface area contributed by atoms with E-state index in [9.17, 15) is 0 Å². The maximum atomic E-state index is 6.58. The molecule has 0 spiro atoms. The number of hydrogen-bond acceptors (Lipinski definition) is 2. The molecule has 0 saturated carbocycles. The minimum Gasteiger partial charge on any atom is -0.455 e. The smallest absolute Gasteiger partial charge is 0.143 e. The fraction of sp³-hybridized carbons (Fsp3) is 0.0909. The molecule has 0 unspecified atom stereocenters. The first-order valence-electron chi connectivity index (χ1n) is 23.8. The van der Waals surface area contributed by atoms with Gasteiger partial charge >= 0.3 is 0 Å². The molecule has 13 rings (SSSR count). The highest BCUT2D eigenvalue weighted by molar-refractivity contribution is 6.10. The van der Waals surface area contributed by atoms with Crippen LogP contribution in [0.1, 0.15) is 49.9 Å². The molecule has 10 aromatic carbocycles. The summed E-state index contributed by atoms with van der Waals surface area (Å²) in [6.07, 6.45) is 0. The molecule has 1 aromatic heterocycles. The topological polar surface area (TPSA) is 16.4 Å². The summed E-state index contributed by atoms with van der Waals surface area (Å²) in [7, 11) is 0. The van der Waals surface area contributed by atoms with Crippen molar-refractivity contribution in [3.63, 3.8) is 0 Å². The predicted octanol–water partition coefficient (Wildman–Crippen LogP) is 18.3. The molecule has 2 heteroatoms. The standard InChI is InChI=1S/C66H49NO/c1-65(2)58-28-12-8-22-50(58)52-36-33-46(40-60(52)65)67(47-34-37-53-51-23-9-13-29-59(51)66(3,4)61(53)41-47)62-30-14-10-24-54(62)57-39-43(42-18-6-5-7-19-42)32-35-48(57)44-20-16-21-45(38-44)49-26-17-27-56-55-25-11-15-31-63(55)68-64(49)56/h5-41H,1-4H3. The number of anilines is 3. The molecule has 0 atom stereocenters. The number of nitrogens with zero attached hydrogens (tertiary/aromatic N) is 1. The van der Waals surface area contributed by atoms with Gasteiger partial charge in [-0.05, 0) is 126 Å². The van der Waals surface area contributed by atoms with E-state index in [2.05, 4.69) is 251 Å². The van der Waals surface area contributed by atoms with Gasteiger partial charge in [-0.2, -0.15) is 0 Å². The van der Waals surface area contributed by atoms with E-state index in [4.69, 9.17) is 4.42 Å². The van der Waals surface area contributed by atoms with Gasteiger partial charge in [-0.3, -0.25) is 0 Å². The molecule has 11 aromatic rings. The lowest BCUT2D eigenvalue weighted by Gasteiger charge is -2.31. The summed E-state index contributed by atoms with van der Waals surface area (Å²) in [5, 5.41) is 2.26. The fourth-order valence-electron chi connectivity index (χ4n) is 11.6. The van der Waals surface area contributed by atoms with Gasteiger partial charge in [0.15, 0.2) is 0 Å². The normalized spacial score (nSPS) is 13.8. The Morgan fingerprint density at radius 1 is 0.309 bits per heavy atom. The summed E-state index contributed by atoms with van der Waals surface area (Å²) in [6, 6.07) is 82.8. The van der Waals surface area contributed by atoms with E-state index in [1.165, 1.54) is 55.6 Å². The number of fused-ring (bicyclic) bond motifs is 9. The van der Waals surface area contributed by atoms with E-state index in [1.54, 1.807) is 0 Å². The van der Waals surface area contributed by atoms with Crippen molar-refractivity contribution in [2.45, 2.75) is 38.5 Å². The van der Waals surface area contributed by atoms with Crippen LogP contribution in [-0.4, -0.2) is 0 Å². The molecule has 2 aliphatic rings.